The fourth-order valence-electron chi connectivity index (χ4n) is 1.91. The summed E-state index contributed by atoms with van der Waals surface area (Å²) in [5.41, 5.74) is 0.456. The third kappa shape index (κ3) is 4.44. The molecule has 1 atom stereocenters. The summed E-state index contributed by atoms with van der Waals surface area (Å²) in [7, 11) is 0. The number of phenolic OH excluding ortho intramolecular Hbond substituents is 1. The molecule has 0 saturated heterocycles. The molecule has 0 aliphatic carbocycles. The van der Waals surface area contributed by atoms with Gasteiger partial charge in [0, 0.05) is 5.56 Å². The van der Waals surface area contributed by atoms with Crippen molar-refractivity contribution < 1.29 is 28.9 Å². The second-order valence-corrected chi connectivity index (χ2v) is 4.68. The van der Waals surface area contributed by atoms with Crippen LogP contribution in [-0.2, 0) is 16.1 Å². The highest BCUT2D eigenvalue weighted by molar-refractivity contribution is 5.82. The van der Waals surface area contributed by atoms with Crippen LogP contribution in [0.5, 0.6) is 5.75 Å². The first-order valence-electron chi connectivity index (χ1n) is 6.66. The molecule has 0 heterocycles. The number of halogens is 1. The number of alkyl carbamates (subject to hydrolysis) is 1. The zero-order valence-electron chi connectivity index (χ0n) is 11.9. The molecule has 120 valence electrons. The number of carbonyl (C=O) groups is 2. The molecule has 2 aromatic carbocycles. The summed E-state index contributed by atoms with van der Waals surface area (Å²) in [6, 6.07) is 10.0. The lowest BCUT2D eigenvalue weighted by Crippen LogP contribution is -2.34. The van der Waals surface area contributed by atoms with Crippen LogP contribution in [0.3, 0.4) is 0 Å². The fourth-order valence-corrected chi connectivity index (χ4v) is 1.91. The molecule has 7 heteroatoms. The highest BCUT2D eigenvalue weighted by Gasteiger charge is 2.26. The average molecular weight is 319 g/mol. The van der Waals surface area contributed by atoms with E-state index in [1.54, 1.807) is 30.3 Å². The van der Waals surface area contributed by atoms with Gasteiger partial charge in [0.25, 0.3) is 0 Å². The normalized spacial score (nSPS) is 11.5. The number of carboxylic acids is 1. The Morgan fingerprint density at radius 3 is 2.52 bits per heavy atom. The Balaban J connectivity index is 2.06. The maximum absolute atomic E-state index is 13.2. The van der Waals surface area contributed by atoms with Gasteiger partial charge in [0.2, 0.25) is 0 Å². The number of amides is 1. The van der Waals surface area contributed by atoms with Gasteiger partial charge in [-0.15, -0.1) is 0 Å². The van der Waals surface area contributed by atoms with E-state index in [9.17, 15) is 24.2 Å². The predicted octanol–water partition coefficient (Wildman–Crippen LogP) is 2.58. The molecule has 3 N–H and O–H groups in total. The fraction of sp³-hybridized carbons (Fsp3) is 0.125. The van der Waals surface area contributed by atoms with Crippen LogP contribution in [0.1, 0.15) is 17.2 Å². The summed E-state index contributed by atoms with van der Waals surface area (Å²) >= 11 is 0. The number of hydrogen-bond donors (Lipinski definition) is 3. The van der Waals surface area contributed by atoms with E-state index in [0.717, 1.165) is 23.8 Å². The van der Waals surface area contributed by atoms with Gasteiger partial charge < -0.3 is 20.3 Å². The van der Waals surface area contributed by atoms with Gasteiger partial charge >= 0.3 is 12.1 Å². The van der Waals surface area contributed by atoms with E-state index in [-0.39, 0.29) is 12.2 Å². The minimum Gasteiger partial charge on any atom is -0.508 e. The smallest absolute Gasteiger partial charge is 0.408 e. The summed E-state index contributed by atoms with van der Waals surface area (Å²) in [4.78, 5) is 23.0. The van der Waals surface area contributed by atoms with E-state index >= 15 is 0 Å². The van der Waals surface area contributed by atoms with Crippen molar-refractivity contribution in [3.63, 3.8) is 0 Å². The van der Waals surface area contributed by atoms with Crippen LogP contribution in [0.2, 0.25) is 0 Å². The minimum atomic E-state index is -1.63. The van der Waals surface area contributed by atoms with Crippen molar-refractivity contribution in [3.05, 3.63) is 65.5 Å². The molecule has 2 rings (SSSR count). The molecule has 6 nitrogen and oxygen atoms in total. The van der Waals surface area contributed by atoms with Crippen LogP contribution >= 0.6 is 0 Å². The first-order valence-corrected chi connectivity index (χ1v) is 6.66. The molecule has 0 aromatic heterocycles. The molecule has 0 spiro atoms. The number of carboxylic acid groups (broad SMARTS) is 1. The van der Waals surface area contributed by atoms with E-state index < -0.39 is 29.7 Å². The lowest BCUT2D eigenvalue weighted by Gasteiger charge is -2.16. The number of aromatic hydroxyl groups is 1. The number of aliphatic carboxylic acids is 1. The van der Waals surface area contributed by atoms with Gasteiger partial charge in [-0.3, -0.25) is 0 Å². The van der Waals surface area contributed by atoms with E-state index in [4.69, 9.17) is 4.74 Å². The Morgan fingerprint density at radius 2 is 1.87 bits per heavy atom. The first kappa shape index (κ1) is 16.3. The zero-order valence-corrected chi connectivity index (χ0v) is 11.9. The molecular weight excluding hydrogens is 305 g/mol. The monoisotopic (exact) mass is 319 g/mol. The van der Waals surface area contributed by atoms with Crippen molar-refractivity contribution in [2.45, 2.75) is 12.6 Å². The van der Waals surface area contributed by atoms with Gasteiger partial charge in [-0.1, -0.05) is 30.3 Å². The Bertz CT molecular complexity index is 705. The molecule has 23 heavy (non-hydrogen) atoms. The molecule has 0 aliphatic heterocycles. The molecule has 0 aliphatic rings. The lowest BCUT2D eigenvalue weighted by molar-refractivity contribution is -0.139. The second kappa shape index (κ2) is 7.26. The first-order chi connectivity index (χ1) is 11.0. The summed E-state index contributed by atoms with van der Waals surface area (Å²) in [5, 5.41) is 20.9. The molecule has 0 bridgehead atoms. The lowest BCUT2D eigenvalue weighted by atomic mass is 10.1. The van der Waals surface area contributed by atoms with Crippen molar-refractivity contribution in [3.8, 4) is 5.75 Å². The molecule has 0 radical (unpaired) electrons. The van der Waals surface area contributed by atoms with Gasteiger partial charge in [0.05, 0.1) is 0 Å². The maximum Gasteiger partial charge on any atom is 0.408 e. The van der Waals surface area contributed by atoms with Crippen LogP contribution in [0.15, 0.2) is 48.5 Å². The summed E-state index contributed by atoms with van der Waals surface area (Å²) in [6.45, 7) is -0.0475. The quantitative estimate of drug-likeness (QED) is 0.787. The van der Waals surface area contributed by atoms with E-state index in [1.807, 2.05) is 0 Å². The van der Waals surface area contributed by atoms with Crippen LogP contribution in [0.4, 0.5) is 9.18 Å². The van der Waals surface area contributed by atoms with Gasteiger partial charge in [0.1, 0.15) is 18.2 Å². The Kier molecular flexibility index (Phi) is 5.14. The van der Waals surface area contributed by atoms with E-state index in [2.05, 4.69) is 5.32 Å². The summed E-state index contributed by atoms with van der Waals surface area (Å²) in [6.07, 6.45) is -0.995. The number of ether oxygens (including phenoxy) is 1. The highest BCUT2D eigenvalue weighted by Crippen LogP contribution is 2.25. The van der Waals surface area contributed by atoms with Crippen LogP contribution < -0.4 is 5.32 Å². The molecule has 2 aromatic rings. The SMILES string of the molecule is O=C(NC(C(=O)O)c1cc(F)ccc1O)OCc1ccccc1. The maximum atomic E-state index is 13.2. The van der Waals surface area contributed by atoms with Gasteiger partial charge in [0.15, 0.2) is 6.04 Å². The van der Waals surface area contributed by atoms with Gasteiger partial charge in [-0.2, -0.15) is 0 Å². The standard InChI is InChI=1S/C16H14FNO5/c17-11-6-7-13(19)12(8-11)14(15(20)21)18-16(22)23-9-10-4-2-1-3-5-10/h1-8,14,19H,9H2,(H,18,22)(H,20,21). The number of phenols is 1. The number of nitrogens with one attached hydrogen (secondary N) is 1. The van der Waals surface area contributed by atoms with Crippen molar-refractivity contribution in [2.75, 3.05) is 0 Å². The number of hydrogen-bond acceptors (Lipinski definition) is 4. The summed E-state index contributed by atoms with van der Waals surface area (Å²) < 4.78 is 18.1. The number of rotatable bonds is 5. The molecule has 0 saturated carbocycles. The molecular formula is C16H14FNO5. The molecule has 1 unspecified atom stereocenters. The number of benzene rings is 2. The largest absolute Gasteiger partial charge is 0.508 e. The summed E-state index contributed by atoms with van der Waals surface area (Å²) in [5.74, 6) is -2.63. The van der Waals surface area contributed by atoms with Crippen LogP contribution in [0, 0.1) is 5.82 Å². The minimum absolute atomic E-state index is 0.0475. The molecule has 0 fully saturated rings. The second-order valence-electron chi connectivity index (χ2n) is 4.68. The van der Waals surface area contributed by atoms with E-state index in [0.29, 0.717) is 0 Å². The number of carbonyl (C=O) groups excluding carboxylic acids is 1. The highest BCUT2D eigenvalue weighted by atomic mass is 19.1. The third-order valence-corrected chi connectivity index (χ3v) is 3.02. The Morgan fingerprint density at radius 1 is 1.17 bits per heavy atom. The zero-order chi connectivity index (χ0) is 16.8. The van der Waals surface area contributed by atoms with Gasteiger partial charge in [-0.05, 0) is 23.8 Å². The van der Waals surface area contributed by atoms with E-state index in [1.165, 1.54) is 0 Å². The van der Waals surface area contributed by atoms with Gasteiger partial charge in [-0.25, -0.2) is 14.0 Å². The average Bonchev–Trinajstić information content (AvgIpc) is 2.54. The topological polar surface area (TPSA) is 95.9 Å². The van der Waals surface area contributed by atoms with Crippen molar-refractivity contribution in [1.82, 2.24) is 5.32 Å². The Labute approximate surface area is 131 Å². The van der Waals surface area contributed by atoms with Crippen molar-refractivity contribution >= 4 is 12.1 Å². The third-order valence-electron chi connectivity index (χ3n) is 3.02. The van der Waals surface area contributed by atoms with Crippen molar-refractivity contribution in [2.24, 2.45) is 0 Å². The Hall–Kier alpha value is -3.09. The van der Waals surface area contributed by atoms with Crippen LogP contribution in [-0.4, -0.2) is 22.3 Å². The van der Waals surface area contributed by atoms with Crippen LogP contribution in [0.25, 0.3) is 0 Å². The predicted molar refractivity (Wildman–Crippen MR) is 78.2 cm³/mol. The molecule has 1 amide bonds. The van der Waals surface area contributed by atoms with Crippen molar-refractivity contribution in [1.29, 1.82) is 0 Å².